The van der Waals surface area contributed by atoms with Crippen LogP contribution in [0.5, 0.6) is 0 Å². The van der Waals surface area contributed by atoms with Crippen LogP contribution in [0.15, 0.2) is 24.4 Å². The Kier molecular flexibility index (Phi) is 5.14. The summed E-state index contributed by atoms with van der Waals surface area (Å²) in [6.45, 7) is 6.00. The Morgan fingerprint density at radius 1 is 1.31 bits per heavy atom. The lowest BCUT2D eigenvalue weighted by Gasteiger charge is -2.62. The van der Waals surface area contributed by atoms with E-state index in [1.165, 1.54) is 0 Å². The van der Waals surface area contributed by atoms with Gasteiger partial charge in [0.25, 0.3) is 0 Å². The third kappa shape index (κ3) is 3.24. The molecule has 3 heterocycles. The Bertz CT molecular complexity index is 947. The van der Waals surface area contributed by atoms with Gasteiger partial charge < -0.3 is 15.0 Å². The highest BCUT2D eigenvalue weighted by Gasteiger charge is 2.58. The van der Waals surface area contributed by atoms with Crippen LogP contribution in [0.1, 0.15) is 64.4 Å². The normalized spacial score (nSPS) is 28.1. The number of fused-ring (bicyclic) bond motifs is 3. The number of benzene rings is 1. The average Bonchev–Trinajstić information content (AvgIpc) is 3.11. The highest BCUT2D eigenvalue weighted by molar-refractivity contribution is 6.35. The number of amides is 1. The fraction of sp³-hybridized carbons (Fsp3) is 0.565. The third-order valence-corrected chi connectivity index (χ3v) is 7.77. The van der Waals surface area contributed by atoms with Crippen molar-refractivity contribution < 1.29 is 14.7 Å². The van der Waals surface area contributed by atoms with Crippen LogP contribution < -0.4 is 0 Å². The number of nitrogens with one attached hydrogen (secondary N) is 1. The van der Waals surface area contributed by atoms with Gasteiger partial charge in [-0.3, -0.25) is 9.59 Å². The van der Waals surface area contributed by atoms with E-state index in [4.69, 9.17) is 11.6 Å². The van der Waals surface area contributed by atoms with E-state index in [-0.39, 0.29) is 35.2 Å². The van der Waals surface area contributed by atoms with Crippen LogP contribution in [0, 0.1) is 11.3 Å². The van der Waals surface area contributed by atoms with E-state index in [9.17, 15) is 14.7 Å². The number of aromatic nitrogens is 1. The summed E-state index contributed by atoms with van der Waals surface area (Å²) in [6, 6.07) is 6.11. The number of aliphatic carboxylic acids is 1. The molecule has 2 N–H and O–H groups in total. The molecule has 1 amide bonds. The Hall–Kier alpha value is -2.01. The number of carboxylic acid groups (broad SMARTS) is 1. The second kappa shape index (κ2) is 7.35. The lowest BCUT2D eigenvalue weighted by molar-refractivity contribution is -0.175. The van der Waals surface area contributed by atoms with Gasteiger partial charge in [0.1, 0.15) is 0 Å². The Morgan fingerprint density at radius 3 is 2.69 bits per heavy atom. The van der Waals surface area contributed by atoms with Crippen molar-refractivity contribution in [2.75, 3.05) is 0 Å². The van der Waals surface area contributed by atoms with Crippen LogP contribution in [0.2, 0.25) is 5.02 Å². The van der Waals surface area contributed by atoms with Crippen LogP contribution in [0.25, 0.3) is 10.9 Å². The monoisotopic (exact) mass is 416 g/mol. The maximum atomic E-state index is 13.3. The predicted octanol–water partition coefficient (Wildman–Crippen LogP) is 5.20. The van der Waals surface area contributed by atoms with Crippen LogP contribution in [0.4, 0.5) is 0 Å². The standard InChI is InChI=1S/C23H29ClN2O3/c1-4-15-9-23(14(3)22(28)29)10-16(11-23)26(15)20(27)8-13(2)17-12-25-19-7-5-6-18(24)21(17)19/h5-7,12-16,25H,4,8-11H2,1-3H3,(H,28,29). The van der Waals surface area contributed by atoms with Gasteiger partial charge in [0.05, 0.1) is 10.9 Å². The number of halogens is 1. The first-order chi connectivity index (χ1) is 13.8. The van der Waals surface area contributed by atoms with Crippen molar-refractivity contribution >= 4 is 34.4 Å². The van der Waals surface area contributed by atoms with Crippen molar-refractivity contribution in [2.24, 2.45) is 11.3 Å². The molecule has 1 aromatic heterocycles. The van der Waals surface area contributed by atoms with Gasteiger partial charge in [0, 0.05) is 35.6 Å². The topological polar surface area (TPSA) is 73.4 Å². The van der Waals surface area contributed by atoms with Gasteiger partial charge in [-0.15, -0.1) is 0 Å². The fourth-order valence-corrected chi connectivity index (χ4v) is 5.96. The molecule has 0 spiro atoms. The molecular formula is C23H29ClN2O3. The number of rotatable bonds is 6. The molecule has 1 saturated carbocycles. The van der Waals surface area contributed by atoms with Gasteiger partial charge in [0.15, 0.2) is 0 Å². The summed E-state index contributed by atoms with van der Waals surface area (Å²) in [6.07, 6.45) is 5.69. The number of hydrogen-bond acceptors (Lipinski definition) is 2. The number of nitrogens with zero attached hydrogens (tertiary/aromatic N) is 1. The zero-order valence-corrected chi connectivity index (χ0v) is 18.0. The van der Waals surface area contributed by atoms with E-state index >= 15 is 0 Å². The van der Waals surface area contributed by atoms with E-state index < -0.39 is 5.97 Å². The zero-order valence-electron chi connectivity index (χ0n) is 17.2. The first-order valence-corrected chi connectivity index (χ1v) is 10.9. The summed E-state index contributed by atoms with van der Waals surface area (Å²) >= 11 is 6.42. The largest absolute Gasteiger partial charge is 0.481 e. The van der Waals surface area contributed by atoms with Crippen molar-refractivity contribution in [1.29, 1.82) is 0 Å². The summed E-state index contributed by atoms with van der Waals surface area (Å²) in [5.41, 5.74) is 1.93. The molecule has 3 unspecified atom stereocenters. The number of aromatic amines is 1. The van der Waals surface area contributed by atoms with Gasteiger partial charge in [0.2, 0.25) is 5.91 Å². The highest BCUT2D eigenvalue weighted by atomic mass is 35.5. The summed E-state index contributed by atoms with van der Waals surface area (Å²) in [5.74, 6) is -0.842. The highest BCUT2D eigenvalue weighted by Crippen LogP contribution is 2.58. The average molecular weight is 417 g/mol. The maximum absolute atomic E-state index is 13.3. The molecule has 0 radical (unpaired) electrons. The minimum absolute atomic E-state index is 0.0540. The first kappa shape index (κ1) is 20.3. The first-order valence-electron chi connectivity index (χ1n) is 10.6. The van der Waals surface area contributed by atoms with E-state index in [0.717, 1.165) is 42.1 Å². The van der Waals surface area contributed by atoms with E-state index in [0.29, 0.717) is 11.4 Å². The number of carbonyl (C=O) groups excluding carboxylic acids is 1. The molecule has 6 heteroatoms. The summed E-state index contributed by atoms with van der Waals surface area (Å²) < 4.78 is 0. The molecule has 29 heavy (non-hydrogen) atoms. The van der Waals surface area contributed by atoms with Gasteiger partial charge in [-0.25, -0.2) is 0 Å². The molecule has 2 bridgehead atoms. The lowest BCUT2D eigenvalue weighted by atomic mass is 9.52. The molecule has 1 aromatic carbocycles. The molecule has 1 aliphatic carbocycles. The molecule has 5 rings (SSSR count). The third-order valence-electron chi connectivity index (χ3n) is 7.46. The van der Waals surface area contributed by atoms with Crippen LogP contribution in [-0.4, -0.2) is 39.0 Å². The van der Waals surface area contributed by atoms with E-state index in [2.05, 4.69) is 23.7 Å². The number of carboxylic acids is 1. The van der Waals surface area contributed by atoms with Crippen LogP contribution in [-0.2, 0) is 9.59 Å². The second-order valence-corrected chi connectivity index (χ2v) is 9.47. The molecular weight excluding hydrogens is 388 g/mol. The number of piperidine rings is 2. The summed E-state index contributed by atoms with van der Waals surface area (Å²) in [4.78, 5) is 30.2. The van der Waals surface area contributed by atoms with E-state index in [1.807, 2.05) is 31.3 Å². The molecule has 3 atom stereocenters. The summed E-state index contributed by atoms with van der Waals surface area (Å²) in [5, 5.41) is 11.2. The molecule has 2 saturated heterocycles. The van der Waals surface area contributed by atoms with Gasteiger partial charge >= 0.3 is 5.97 Å². The minimum atomic E-state index is -0.720. The Labute approximate surface area is 176 Å². The lowest BCUT2D eigenvalue weighted by Crippen LogP contribution is -2.66. The number of carbonyl (C=O) groups is 2. The smallest absolute Gasteiger partial charge is 0.306 e. The minimum Gasteiger partial charge on any atom is -0.481 e. The van der Waals surface area contributed by atoms with Gasteiger partial charge in [-0.2, -0.15) is 0 Å². The van der Waals surface area contributed by atoms with Crippen molar-refractivity contribution in [1.82, 2.24) is 9.88 Å². The maximum Gasteiger partial charge on any atom is 0.306 e. The summed E-state index contributed by atoms with van der Waals surface area (Å²) in [7, 11) is 0. The van der Waals surface area contributed by atoms with Crippen molar-refractivity contribution in [2.45, 2.75) is 70.9 Å². The zero-order chi connectivity index (χ0) is 20.9. The van der Waals surface area contributed by atoms with E-state index in [1.54, 1.807) is 0 Å². The van der Waals surface area contributed by atoms with Crippen molar-refractivity contribution in [3.8, 4) is 0 Å². The Morgan fingerprint density at radius 2 is 2.03 bits per heavy atom. The van der Waals surface area contributed by atoms with Crippen molar-refractivity contribution in [3.05, 3.63) is 35.0 Å². The molecule has 156 valence electrons. The second-order valence-electron chi connectivity index (χ2n) is 9.06. The number of hydrogen-bond donors (Lipinski definition) is 2. The molecule has 3 fully saturated rings. The molecule has 2 aliphatic heterocycles. The van der Waals surface area contributed by atoms with Crippen LogP contribution >= 0.6 is 11.6 Å². The predicted molar refractivity (Wildman–Crippen MR) is 114 cm³/mol. The van der Waals surface area contributed by atoms with Gasteiger partial charge in [-0.1, -0.05) is 38.4 Å². The SMILES string of the molecule is CCC1CC2(C(C)C(=O)O)CC(C2)N1C(=O)CC(C)c1c[nH]c2cccc(Cl)c12. The van der Waals surface area contributed by atoms with Crippen molar-refractivity contribution in [3.63, 3.8) is 0 Å². The number of H-pyrrole nitrogens is 1. The molecule has 5 nitrogen and oxygen atoms in total. The fourth-order valence-electron chi connectivity index (χ4n) is 5.68. The quantitative estimate of drug-likeness (QED) is 0.680. The van der Waals surface area contributed by atoms with Crippen LogP contribution in [0.3, 0.4) is 0 Å². The Balaban J connectivity index is 1.51. The molecule has 3 aliphatic rings. The van der Waals surface area contributed by atoms with Gasteiger partial charge in [-0.05, 0) is 54.7 Å². The molecule has 2 aromatic rings.